The largest absolute Gasteiger partial charge is 0.382 e. The molecule has 1 aliphatic heterocycles. The molecule has 0 spiro atoms. The molecule has 2 N–H and O–H groups in total. The van der Waals surface area contributed by atoms with E-state index in [-0.39, 0.29) is 4.90 Å². The summed E-state index contributed by atoms with van der Waals surface area (Å²) in [6.45, 7) is 4.14. The Hall–Kier alpha value is -2.05. The van der Waals surface area contributed by atoms with E-state index in [0.29, 0.717) is 11.7 Å². The molecule has 0 radical (unpaired) electrons. The Balaban J connectivity index is 1.63. The summed E-state index contributed by atoms with van der Waals surface area (Å²) in [4.78, 5) is 2.60. The van der Waals surface area contributed by atoms with Crippen LogP contribution >= 0.6 is 0 Å². The Labute approximate surface area is 150 Å². The third-order valence-corrected chi connectivity index (χ3v) is 5.95. The Bertz CT molecular complexity index is 794. The third-order valence-electron chi connectivity index (χ3n) is 4.56. The van der Waals surface area contributed by atoms with Crippen molar-refractivity contribution in [3.05, 3.63) is 54.1 Å². The van der Waals surface area contributed by atoms with Crippen LogP contribution in [0.15, 0.2) is 53.4 Å². The van der Waals surface area contributed by atoms with Crippen molar-refractivity contribution in [3.8, 4) is 0 Å². The highest BCUT2D eigenvalue weighted by Gasteiger charge is 2.17. The first kappa shape index (κ1) is 17.8. The minimum atomic E-state index is -3.55. The molecule has 0 aliphatic carbocycles. The number of nitrogens with one attached hydrogen (secondary N) is 2. The highest BCUT2D eigenvalue weighted by molar-refractivity contribution is 7.92. The Morgan fingerprint density at radius 1 is 0.920 bits per heavy atom. The van der Waals surface area contributed by atoms with Crippen molar-refractivity contribution < 1.29 is 8.42 Å². The Morgan fingerprint density at radius 3 is 2.08 bits per heavy atom. The van der Waals surface area contributed by atoms with Crippen molar-refractivity contribution in [2.24, 2.45) is 0 Å². The highest BCUT2D eigenvalue weighted by atomic mass is 32.2. The average Bonchev–Trinajstić information content (AvgIpc) is 2.59. The van der Waals surface area contributed by atoms with Crippen molar-refractivity contribution in [1.29, 1.82) is 0 Å². The molecule has 5 nitrogen and oxygen atoms in total. The van der Waals surface area contributed by atoms with Crippen molar-refractivity contribution in [3.63, 3.8) is 0 Å². The van der Waals surface area contributed by atoms with Gasteiger partial charge in [0.15, 0.2) is 0 Å². The predicted octanol–water partition coefficient (Wildman–Crippen LogP) is 3.30. The molecule has 0 saturated carbocycles. The second-order valence-corrected chi connectivity index (χ2v) is 8.40. The molecule has 0 aromatic heterocycles. The molecule has 1 heterocycles. The van der Waals surface area contributed by atoms with E-state index in [4.69, 9.17) is 0 Å². The summed E-state index contributed by atoms with van der Waals surface area (Å²) < 4.78 is 27.5. The van der Waals surface area contributed by atoms with Crippen LogP contribution in [-0.4, -0.2) is 39.5 Å². The van der Waals surface area contributed by atoms with Crippen LogP contribution in [0.3, 0.4) is 0 Å². The van der Waals surface area contributed by atoms with Crippen LogP contribution in [0, 0.1) is 6.92 Å². The zero-order valence-corrected chi connectivity index (χ0v) is 15.5. The minimum absolute atomic E-state index is 0.270. The van der Waals surface area contributed by atoms with E-state index in [2.05, 4.69) is 22.0 Å². The maximum absolute atomic E-state index is 12.4. The van der Waals surface area contributed by atoms with Crippen LogP contribution in [0.5, 0.6) is 0 Å². The van der Waals surface area contributed by atoms with Gasteiger partial charge < -0.3 is 10.2 Å². The number of nitrogens with zero attached hydrogens (tertiary/aromatic N) is 1. The highest BCUT2D eigenvalue weighted by Crippen LogP contribution is 2.21. The number of benzene rings is 2. The molecule has 134 valence electrons. The van der Waals surface area contributed by atoms with Crippen molar-refractivity contribution in [2.45, 2.75) is 30.7 Å². The van der Waals surface area contributed by atoms with Gasteiger partial charge in [0.1, 0.15) is 0 Å². The van der Waals surface area contributed by atoms with Gasteiger partial charge in [0.05, 0.1) is 4.90 Å². The monoisotopic (exact) mass is 359 g/mol. The van der Waals surface area contributed by atoms with E-state index in [9.17, 15) is 8.42 Å². The number of rotatable bonds is 5. The van der Waals surface area contributed by atoms with Crippen LogP contribution in [0.1, 0.15) is 18.4 Å². The summed E-state index contributed by atoms with van der Waals surface area (Å²) in [5.41, 5.74) is 2.62. The maximum Gasteiger partial charge on any atom is 0.261 e. The SMILES string of the molecule is Cc1ccc(S(=O)(=O)Nc2ccc(NC3CCN(C)CC3)cc2)cc1. The fourth-order valence-corrected chi connectivity index (χ4v) is 4.01. The van der Waals surface area contributed by atoms with E-state index >= 15 is 0 Å². The van der Waals surface area contributed by atoms with Gasteiger partial charge in [0.2, 0.25) is 0 Å². The number of piperidine rings is 1. The van der Waals surface area contributed by atoms with E-state index in [1.54, 1.807) is 36.4 Å². The third kappa shape index (κ3) is 4.74. The number of hydrogen-bond donors (Lipinski definition) is 2. The lowest BCUT2D eigenvalue weighted by Gasteiger charge is -2.30. The fraction of sp³-hybridized carbons (Fsp3) is 0.368. The smallest absolute Gasteiger partial charge is 0.261 e. The number of aryl methyl sites for hydroxylation is 1. The lowest BCUT2D eigenvalue weighted by atomic mass is 10.1. The van der Waals surface area contributed by atoms with Crippen LogP contribution < -0.4 is 10.0 Å². The summed E-state index contributed by atoms with van der Waals surface area (Å²) in [6, 6.07) is 14.7. The first-order valence-electron chi connectivity index (χ1n) is 8.57. The van der Waals surface area contributed by atoms with Gasteiger partial charge in [0, 0.05) is 17.4 Å². The maximum atomic E-state index is 12.4. The van der Waals surface area contributed by atoms with E-state index in [1.807, 2.05) is 19.1 Å². The molecule has 2 aromatic rings. The number of likely N-dealkylation sites (tertiary alicyclic amines) is 1. The lowest BCUT2D eigenvalue weighted by Crippen LogP contribution is -2.36. The molecule has 0 amide bonds. The number of anilines is 2. The first-order valence-corrected chi connectivity index (χ1v) is 10.1. The summed E-state index contributed by atoms with van der Waals surface area (Å²) in [5.74, 6) is 0. The second kappa shape index (κ2) is 7.45. The van der Waals surface area contributed by atoms with Crippen molar-refractivity contribution in [1.82, 2.24) is 4.90 Å². The van der Waals surface area contributed by atoms with Crippen LogP contribution in [-0.2, 0) is 10.0 Å². The molecule has 2 aromatic carbocycles. The van der Waals surface area contributed by atoms with Gasteiger partial charge in [-0.3, -0.25) is 4.72 Å². The molecular weight excluding hydrogens is 334 g/mol. The summed E-state index contributed by atoms with van der Waals surface area (Å²) >= 11 is 0. The number of sulfonamides is 1. The standard InChI is InChI=1S/C19H25N3O2S/c1-15-3-9-19(10-4-15)25(23,24)21-18-7-5-16(6-8-18)20-17-11-13-22(2)14-12-17/h3-10,17,20-21H,11-14H2,1-2H3. The van der Waals surface area contributed by atoms with E-state index < -0.39 is 10.0 Å². The van der Waals surface area contributed by atoms with Crippen LogP contribution in [0.2, 0.25) is 0 Å². The van der Waals surface area contributed by atoms with Gasteiger partial charge >= 0.3 is 0 Å². The van der Waals surface area contributed by atoms with Gasteiger partial charge in [-0.25, -0.2) is 8.42 Å². The molecular formula is C19H25N3O2S. The van der Waals surface area contributed by atoms with Crippen LogP contribution in [0.4, 0.5) is 11.4 Å². The zero-order chi connectivity index (χ0) is 17.9. The van der Waals surface area contributed by atoms with Crippen molar-refractivity contribution in [2.75, 3.05) is 30.2 Å². The normalized spacial score (nSPS) is 16.6. The first-order chi connectivity index (χ1) is 11.9. The quantitative estimate of drug-likeness (QED) is 0.860. The molecule has 0 bridgehead atoms. The summed E-state index contributed by atoms with van der Waals surface area (Å²) in [6.07, 6.45) is 2.25. The summed E-state index contributed by atoms with van der Waals surface area (Å²) in [7, 11) is -1.41. The average molecular weight is 359 g/mol. The van der Waals surface area contributed by atoms with E-state index in [1.165, 1.54) is 0 Å². The lowest BCUT2D eigenvalue weighted by molar-refractivity contribution is 0.264. The van der Waals surface area contributed by atoms with Crippen molar-refractivity contribution >= 4 is 21.4 Å². The number of hydrogen-bond acceptors (Lipinski definition) is 4. The minimum Gasteiger partial charge on any atom is -0.382 e. The fourth-order valence-electron chi connectivity index (χ4n) is 2.95. The molecule has 3 rings (SSSR count). The topological polar surface area (TPSA) is 61.4 Å². The second-order valence-electron chi connectivity index (χ2n) is 6.72. The van der Waals surface area contributed by atoms with Gasteiger partial charge in [0.25, 0.3) is 10.0 Å². The molecule has 0 atom stereocenters. The Morgan fingerprint density at radius 2 is 1.48 bits per heavy atom. The molecule has 25 heavy (non-hydrogen) atoms. The summed E-state index contributed by atoms with van der Waals surface area (Å²) in [5, 5.41) is 3.53. The zero-order valence-electron chi connectivity index (χ0n) is 14.7. The molecule has 6 heteroatoms. The van der Waals surface area contributed by atoms with Gasteiger partial charge in [-0.2, -0.15) is 0 Å². The molecule has 1 aliphatic rings. The molecule has 1 fully saturated rings. The van der Waals surface area contributed by atoms with Crippen LogP contribution in [0.25, 0.3) is 0 Å². The predicted molar refractivity (Wildman–Crippen MR) is 103 cm³/mol. The van der Waals surface area contributed by atoms with Gasteiger partial charge in [-0.15, -0.1) is 0 Å². The van der Waals surface area contributed by atoms with Gasteiger partial charge in [-0.1, -0.05) is 17.7 Å². The van der Waals surface area contributed by atoms with Gasteiger partial charge in [-0.05, 0) is 76.3 Å². The molecule has 1 saturated heterocycles. The van der Waals surface area contributed by atoms with E-state index in [0.717, 1.165) is 37.2 Å². The Kier molecular flexibility index (Phi) is 5.30. The molecule has 0 unspecified atom stereocenters.